The van der Waals surface area contributed by atoms with Crippen molar-refractivity contribution >= 4 is 32.7 Å². The van der Waals surface area contributed by atoms with E-state index in [0.717, 1.165) is 47.4 Å². The lowest BCUT2D eigenvalue weighted by Gasteiger charge is -2.19. The number of nitrogens with zero attached hydrogens (tertiary/aromatic N) is 2. The number of fused-ring (bicyclic) bond motifs is 1. The molecular weight excluding hydrogens is 318 g/mol. The van der Waals surface area contributed by atoms with E-state index in [1.807, 2.05) is 18.2 Å². The highest BCUT2D eigenvalue weighted by molar-refractivity contribution is 9.10. The number of aliphatic hydroxyl groups is 1. The molecule has 4 nitrogen and oxygen atoms in total. The minimum absolute atomic E-state index is 0.203. The highest BCUT2D eigenvalue weighted by atomic mass is 79.9. The van der Waals surface area contributed by atoms with Crippen molar-refractivity contribution in [1.82, 2.24) is 9.88 Å². The van der Waals surface area contributed by atoms with Crippen LogP contribution < -0.4 is 5.32 Å². The van der Waals surface area contributed by atoms with Gasteiger partial charge in [0.1, 0.15) is 5.82 Å². The zero-order chi connectivity index (χ0) is 14.4. The summed E-state index contributed by atoms with van der Waals surface area (Å²) in [7, 11) is 0. The molecule has 20 heavy (non-hydrogen) atoms. The van der Waals surface area contributed by atoms with Crippen LogP contribution in [0.25, 0.3) is 10.9 Å². The highest BCUT2D eigenvalue weighted by Gasteiger charge is 2.03. The van der Waals surface area contributed by atoms with Gasteiger partial charge in [0.2, 0.25) is 0 Å². The molecule has 0 saturated carbocycles. The number of aliphatic hydroxyl groups excluding tert-OH is 1. The number of para-hydroxylation sites is 1. The molecule has 5 heteroatoms. The molecule has 0 aliphatic carbocycles. The summed E-state index contributed by atoms with van der Waals surface area (Å²) in [6, 6.07) is 10.1. The molecule has 0 spiro atoms. The lowest BCUT2D eigenvalue weighted by molar-refractivity contribution is 0.206. The fourth-order valence-corrected chi connectivity index (χ4v) is 2.59. The number of hydrogen-bond acceptors (Lipinski definition) is 4. The molecule has 0 bridgehead atoms. The number of nitrogens with one attached hydrogen (secondary N) is 1. The Bertz CT molecular complexity index is 562. The minimum Gasteiger partial charge on any atom is -0.395 e. The van der Waals surface area contributed by atoms with Crippen molar-refractivity contribution in [3.63, 3.8) is 0 Å². The molecular formula is C15H20BrN3O. The Morgan fingerprint density at radius 3 is 2.85 bits per heavy atom. The van der Waals surface area contributed by atoms with Crippen molar-refractivity contribution in [1.29, 1.82) is 0 Å². The largest absolute Gasteiger partial charge is 0.395 e. The summed E-state index contributed by atoms with van der Waals surface area (Å²) >= 11 is 3.53. The SMILES string of the molecule is CCN(CCO)CCNc1ccc2cccc(Br)c2n1. The first-order chi connectivity index (χ1) is 9.74. The van der Waals surface area contributed by atoms with E-state index in [-0.39, 0.29) is 6.61 Å². The fourth-order valence-electron chi connectivity index (χ4n) is 2.12. The van der Waals surface area contributed by atoms with Gasteiger partial charge in [0.05, 0.1) is 12.1 Å². The van der Waals surface area contributed by atoms with Gasteiger partial charge >= 0.3 is 0 Å². The molecule has 1 aromatic carbocycles. The molecule has 0 fully saturated rings. The van der Waals surface area contributed by atoms with Crippen LogP contribution in [0.4, 0.5) is 5.82 Å². The second-order valence-corrected chi connectivity index (χ2v) is 5.45. The molecule has 2 N–H and O–H groups in total. The Labute approximate surface area is 127 Å². The van der Waals surface area contributed by atoms with Crippen molar-refractivity contribution < 1.29 is 5.11 Å². The van der Waals surface area contributed by atoms with Crippen molar-refractivity contribution in [3.05, 3.63) is 34.8 Å². The van der Waals surface area contributed by atoms with Crippen LogP contribution in [0.5, 0.6) is 0 Å². The van der Waals surface area contributed by atoms with Gasteiger partial charge in [-0.15, -0.1) is 0 Å². The molecule has 0 amide bonds. The first kappa shape index (κ1) is 15.2. The molecule has 0 aliphatic rings. The van der Waals surface area contributed by atoms with Gasteiger partial charge in [-0.1, -0.05) is 19.1 Å². The second-order valence-electron chi connectivity index (χ2n) is 4.59. The Balaban J connectivity index is 1.98. The molecule has 0 saturated heterocycles. The predicted molar refractivity (Wildman–Crippen MR) is 87.1 cm³/mol. The standard InChI is InChI=1S/C15H20BrN3O/c1-2-19(10-11-20)9-8-17-14-7-6-12-4-3-5-13(16)15(12)18-14/h3-7,20H,2,8-11H2,1H3,(H,17,18). The Kier molecular flexibility index (Phi) is 5.76. The second kappa shape index (κ2) is 7.57. The van der Waals surface area contributed by atoms with E-state index < -0.39 is 0 Å². The molecule has 0 unspecified atom stereocenters. The quantitative estimate of drug-likeness (QED) is 0.815. The molecule has 1 aromatic heterocycles. The fraction of sp³-hybridized carbons (Fsp3) is 0.400. The van der Waals surface area contributed by atoms with E-state index >= 15 is 0 Å². The Morgan fingerprint density at radius 2 is 2.10 bits per heavy atom. The molecule has 1 heterocycles. The summed E-state index contributed by atoms with van der Waals surface area (Å²) in [5.41, 5.74) is 0.972. The lowest BCUT2D eigenvalue weighted by Crippen LogP contribution is -2.31. The highest BCUT2D eigenvalue weighted by Crippen LogP contribution is 2.23. The van der Waals surface area contributed by atoms with Crippen LogP contribution in [-0.4, -0.2) is 47.8 Å². The third kappa shape index (κ3) is 3.91. The summed E-state index contributed by atoms with van der Waals surface area (Å²) in [5, 5.41) is 13.4. The topological polar surface area (TPSA) is 48.4 Å². The van der Waals surface area contributed by atoms with Crippen LogP contribution in [0, 0.1) is 0 Å². The van der Waals surface area contributed by atoms with Crippen molar-refractivity contribution in [2.24, 2.45) is 0 Å². The van der Waals surface area contributed by atoms with E-state index in [9.17, 15) is 0 Å². The maximum absolute atomic E-state index is 8.95. The summed E-state index contributed by atoms with van der Waals surface area (Å²) in [6.07, 6.45) is 0. The predicted octanol–water partition coefficient (Wildman–Crippen LogP) is 2.72. The molecule has 0 aliphatic heterocycles. The maximum Gasteiger partial charge on any atom is 0.126 e. The average Bonchev–Trinajstić information content (AvgIpc) is 2.47. The number of rotatable bonds is 7. The number of likely N-dealkylation sites (N-methyl/N-ethyl adjacent to an activating group) is 1. The first-order valence-electron chi connectivity index (χ1n) is 6.87. The summed E-state index contributed by atoms with van der Waals surface area (Å²) in [6.45, 7) is 5.67. The smallest absolute Gasteiger partial charge is 0.126 e. The molecule has 0 atom stereocenters. The van der Waals surface area contributed by atoms with E-state index in [4.69, 9.17) is 5.11 Å². The van der Waals surface area contributed by atoms with Gasteiger partial charge in [-0.2, -0.15) is 0 Å². The molecule has 0 radical (unpaired) electrons. The van der Waals surface area contributed by atoms with E-state index in [0.29, 0.717) is 0 Å². The third-order valence-electron chi connectivity index (χ3n) is 3.27. The van der Waals surface area contributed by atoms with Gasteiger partial charge in [0.25, 0.3) is 0 Å². The number of anilines is 1. The molecule has 108 valence electrons. The van der Waals surface area contributed by atoms with Gasteiger partial charge in [-0.05, 0) is 40.7 Å². The van der Waals surface area contributed by atoms with E-state index in [1.165, 1.54) is 0 Å². The van der Waals surface area contributed by atoms with Crippen molar-refractivity contribution in [2.75, 3.05) is 38.1 Å². The van der Waals surface area contributed by atoms with Gasteiger partial charge in [0.15, 0.2) is 0 Å². The van der Waals surface area contributed by atoms with Gasteiger partial charge in [-0.3, -0.25) is 4.90 Å². The van der Waals surface area contributed by atoms with Gasteiger partial charge < -0.3 is 10.4 Å². The number of pyridine rings is 1. The summed E-state index contributed by atoms with van der Waals surface area (Å²) in [4.78, 5) is 6.82. The number of benzene rings is 1. The number of halogens is 1. The van der Waals surface area contributed by atoms with Crippen molar-refractivity contribution in [3.8, 4) is 0 Å². The van der Waals surface area contributed by atoms with Crippen LogP contribution >= 0.6 is 15.9 Å². The zero-order valence-electron chi connectivity index (χ0n) is 11.6. The van der Waals surface area contributed by atoms with Crippen molar-refractivity contribution in [2.45, 2.75) is 6.92 Å². The summed E-state index contributed by atoms with van der Waals surface area (Å²) in [5.74, 6) is 0.879. The van der Waals surface area contributed by atoms with Crippen LogP contribution in [0.3, 0.4) is 0 Å². The van der Waals surface area contributed by atoms with Crippen LogP contribution in [0.1, 0.15) is 6.92 Å². The third-order valence-corrected chi connectivity index (χ3v) is 3.91. The average molecular weight is 338 g/mol. The zero-order valence-corrected chi connectivity index (χ0v) is 13.2. The molecule has 2 aromatic rings. The monoisotopic (exact) mass is 337 g/mol. The molecule has 2 rings (SSSR count). The van der Waals surface area contributed by atoms with Crippen LogP contribution in [0.2, 0.25) is 0 Å². The summed E-state index contributed by atoms with van der Waals surface area (Å²) < 4.78 is 1.01. The lowest BCUT2D eigenvalue weighted by atomic mass is 10.2. The van der Waals surface area contributed by atoms with Gasteiger partial charge in [0, 0.05) is 29.5 Å². The van der Waals surface area contributed by atoms with Crippen LogP contribution in [0.15, 0.2) is 34.8 Å². The van der Waals surface area contributed by atoms with E-state index in [2.05, 4.69) is 50.2 Å². The minimum atomic E-state index is 0.203. The number of aromatic nitrogens is 1. The Morgan fingerprint density at radius 1 is 1.25 bits per heavy atom. The Hall–Kier alpha value is -1.17. The van der Waals surface area contributed by atoms with E-state index in [1.54, 1.807) is 0 Å². The normalized spacial score (nSPS) is 11.2. The maximum atomic E-state index is 8.95. The first-order valence-corrected chi connectivity index (χ1v) is 7.66. The van der Waals surface area contributed by atoms with Gasteiger partial charge in [-0.25, -0.2) is 4.98 Å². The van der Waals surface area contributed by atoms with Crippen LogP contribution in [-0.2, 0) is 0 Å². The number of hydrogen-bond donors (Lipinski definition) is 2.